The van der Waals surface area contributed by atoms with Crippen molar-refractivity contribution in [3.05, 3.63) is 17.8 Å². The largest absolute Gasteiger partial charge is 0.435 e. The van der Waals surface area contributed by atoms with Crippen molar-refractivity contribution in [3.8, 4) is 0 Å². The molecule has 1 aliphatic heterocycles. The van der Waals surface area contributed by atoms with Gasteiger partial charge in [0.15, 0.2) is 11.5 Å². The molecule has 1 aromatic rings. The summed E-state index contributed by atoms with van der Waals surface area (Å²) in [6, 6.07) is 2.23. The molecule has 0 spiro atoms. The minimum Gasteiger partial charge on any atom is -0.355 e. The second-order valence-corrected chi connectivity index (χ2v) is 4.36. The summed E-state index contributed by atoms with van der Waals surface area (Å²) in [5, 5.41) is 6.76. The molecule has 1 aliphatic rings. The summed E-state index contributed by atoms with van der Waals surface area (Å²) >= 11 is 0. The fourth-order valence-electron chi connectivity index (χ4n) is 1.96. The molecule has 7 heteroatoms. The van der Waals surface area contributed by atoms with Gasteiger partial charge in [-0.1, -0.05) is 0 Å². The minimum absolute atomic E-state index is 0.0589. The van der Waals surface area contributed by atoms with Crippen LogP contribution in [0.4, 0.5) is 23.4 Å². The van der Waals surface area contributed by atoms with E-state index >= 15 is 0 Å². The predicted octanol–water partition coefficient (Wildman–Crippen LogP) is 2.68. The molecule has 100 valence electrons. The first-order chi connectivity index (χ1) is 8.50. The van der Waals surface area contributed by atoms with E-state index in [-0.39, 0.29) is 12.6 Å². The number of halogens is 4. The second-order valence-electron chi connectivity index (χ2n) is 4.36. The molecular formula is C11H13F4N3. The van der Waals surface area contributed by atoms with Gasteiger partial charge < -0.3 is 4.90 Å². The van der Waals surface area contributed by atoms with E-state index in [1.165, 1.54) is 6.07 Å². The number of alkyl halides is 4. The number of piperidine rings is 1. The highest BCUT2D eigenvalue weighted by molar-refractivity contribution is 5.38. The monoisotopic (exact) mass is 263 g/mol. The first-order valence-corrected chi connectivity index (χ1v) is 5.72. The maximum Gasteiger partial charge on any atom is 0.435 e. The Hall–Kier alpha value is -1.40. The third-order valence-corrected chi connectivity index (χ3v) is 3.10. The topological polar surface area (TPSA) is 29.0 Å². The van der Waals surface area contributed by atoms with E-state index in [1.54, 1.807) is 0 Å². The standard InChI is InChI=1S/C11H13F4N3/c12-7-8-3-5-18(6-4-8)10-2-1-9(16-17-10)11(13,14)15/h1-2,8H,3-7H2. The summed E-state index contributed by atoms with van der Waals surface area (Å²) in [6.07, 6.45) is -3.08. The summed E-state index contributed by atoms with van der Waals surface area (Å²) in [5.41, 5.74) is -0.995. The first-order valence-electron chi connectivity index (χ1n) is 5.72. The molecule has 0 unspecified atom stereocenters. The number of rotatable bonds is 2. The van der Waals surface area contributed by atoms with Gasteiger partial charge in [-0.25, -0.2) is 0 Å². The lowest BCUT2D eigenvalue weighted by Crippen LogP contribution is -2.35. The van der Waals surface area contributed by atoms with E-state index < -0.39 is 11.9 Å². The van der Waals surface area contributed by atoms with Crippen molar-refractivity contribution in [1.82, 2.24) is 10.2 Å². The third kappa shape index (κ3) is 2.88. The molecule has 0 radical (unpaired) electrons. The molecule has 0 aliphatic carbocycles. The van der Waals surface area contributed by atoms with Crippen LogP contribution in [0.25, 0.3) is 0 Å². The SMILES string of the molecule is FCC1CCN(c2ccc(C(F)(F)F)nn2)CC1. The summed E-state index contributed by atoms with van der Waals surface area (Å²) in [7, 11) is 0. The highest BCUT2D eigenvalue weighted by Gasteiger charge is 2.33. The Bertz CT molecular complexity index is 382. The van der Waals surface area contributed by atoms with Crippen LogP contribution >= 0.6 is 0 Å². The smallest absolute Gasteiger partial charge is 0.355 e. The quantitative estimate of drug-likeness (QED) is 0.768. The van der Waals surface area contributed by atoms with Crippen LogP contribution in [-0.2, 0) is 6.18 Å². The zero-order chi connectivity index (χ0) is 13.2. The van der Waals surface area contributed by atoms with Crippen LogP contribution in [0, 0.1) is 5.92 Å². The Morgan fingerprint density at radius 1 is 1.17 bits per heavy atom. The van der Waals surface area contributed by atoms with Crippen molar-refractivity contribution in [2.75, 3.05) is 24.7 Å². The Morgan fingerprint density at radius 2 is 1.83 bits per heavy atom. The minimum atomic E-state index is -4.47. The van der Waals surface area contributed by atoms with Crippen LogP contribution in [-0.4, -0.2) is 30.0 Å². The van der Waals surface area contributed by atoms with Gasteiger partial charge in [0.2, 0.25) is 0 Å². The highest BCUT2D eigenvalue weighted by Crippen LogP contribution is 2.28. The van der Waals surface area contributed by atoms with Gasteiger partial charge in [-0.05, 0) is 30.9 Å². The number of nitrogens with zero attached hydrogens (tertiary/aromatic N) is 3. The van der Waals surface area contributed by atoms with Gasteiger partial charge in [0.05, 0.1) is 6.67 Å². The Labute approximate surface area is 102 Å². The molecule has 0 saturated carbocycles. The van der Waals surface area contributed by atoms with E-state index in [0.29, 0.717) is 31.7 Å². The molecule has 0 atom stereocenters. The molecule has 0 bridgehead atoms. The van der Waals surface area contributed by atoms with Crippen LogP contribution in [0.5, 0.6) is 0 Å². The summed E-state index contributed by atoms with van der Waals surface area (Å²) in [6.45, 7) is 0.871. The molecule has 3 nitrogen and oxygen atoms in total. The molecule has 0 aromatic carbocycles. The van der Waals surface area contributed by atoms with E-state index in [9.17, 15) is 17.6 Å². The van der Waals surface area contributed by atoms with Gasteiger partial charge in [-0.15, -0.1) is 10.2 Å². The first kappa shape index (κ1) is 13.0. The molecule has 0 amide bonds. The normalized spacial score (nSPS) is 18.1. The van der Waals surface area contributed by atoms with Crippen LogP contribution in [0.15, 0.2) is 12.1 Å². The lowest BCUT2D eigenvalue weighted by Gasteiger charge is -2.31. The van der Waals surface area contributed by atoms with Crippen molar-refractivity contribution in [2.45, 2.75) is 19.0 Å². The zero-order valence-electron chi connectivity index (χ0n) is 9.62. The second kappa shape index (κ2) is 5.07. The van der Waals surface area contributed by atoms with Crippen LogP contribution in [0.3, 0.4) is 0 Å². The Balaban J connectivity index is 2.02. The predicted molar refractivity (Wildman–Crippen MR) is 57.9 cm³/mol. The Kier molecular flexibility index (Phi) is 3.68. The van der Waals surface area contributed by atoms with Gasteiger partial charge in [-0.3, -0.25) is 4.39 Å². The van der Waals surface area contributed by atoms with E-state index in [0.717, 1.165) is 6.07 Å². The van der Waals surface area contributed by atoms with Gasteiger partial charge in [0, 0.05) is 13.1 Å². The Morgan fingerprint density at radius 3 is 2.28 bits per heavy atom. The molecule has 1 saturated heterocycles. The van der Waals surface area contributed by atoms with Gasteiger partial charge in [0.25, 0.3) is 0 Å². The average molecular weight is 263 g/mol. The molecule has 1 aromatic heterocycles. The van der Waals surface area contributed by atoms with Crippen LogP contribution < -0.4 is 4.90 Å². The third-order valence-electron chi connectivity index (χ3n) is 3.10. The molecule has 2 heterocycles. The van der Waals surface area contributed by atoms with Crippen molar-refractivity contribution in [1.29, 1.82) is 0 Å². The van der Waals surface area contributed by atoms with Gasteiger partial charge in [0.1, 0.15) is 0 Å². The van der Waals surface area contributed by atoms with E-state index in [2.05, 4.69) is 10.2 Å². The maximum atomic E-state index is 12.4. The fourth-order valence-corrected chi connectivity index (χ4v) is 1.96. The fraction of sp³-hybridized carbons (Fsp3) is 0.636. The molecular weight excluding hydrogens is 250 g/mol. The summed E-state index contributed by atoms with van der Waals surface area (Å²) in [4.78, 5) is 1.83. The van der Waals surface area contributed by atoms with E-state index in [4.69, 9.17) is 0 Å². The summed E-state index contributed by atoms with van der Waals surface area (Å²) < 4.78 is 49.3. The van der Waals surface area contributed by atoms with Gasteiger partial charge in [-0.2, -0.15) is 13.2 Å². The van der Waals surface area contributed by atoms with Crippen molar-refractivity contribution in [3.63, 3.8) is 0 Å². The van der Waals surface area contributed by atoms with Gasteiger partial charge >= 0.3 is 6.18 Å². The zero-order valence-corrected chi connectivity index (χ0v) is 9.62. The average Bonchev–Trinajstić information content (AvgIpc) is 2.38. The molecule has 1 fully saturated rings. The lowest BCUT2D eigenvalue weighted by atomic mass is 9.98. The highest BCUT2D eigenvalue weighted by atomic mass is 19.4. The van der Waals surface area contributed by atoms with E-state index in [1.807, 2.05) is 4.90 Å². The van der Waals surface area contributed by atoms with Crippen LogP contribution in [0.1, 0.15) is 18.5 Å². The number of hydrogen-bond donors (Lipinski definition) is 0. The van der Waals surface area contributed by atoms with Crippen molar-refractivity contribution < 1.29 is 17.6 Å². The maximum absolute atomic E-state index is 12.4. The van der Waals surface area contributed by atoms with Crippen molar-refractivity contribution >= 4 is 5.82 Å². The molecule has 0 N–H and O–H groups in total. The van der Waals surface area contributed by atoms with Crippen molar-refractivity contribution in [2.24, 2.45) is 5.92 Å². The lowest BCUT2D eigenvalue weighted by molar-refractivity contribution is -0.141. The molecule has 2 rings (SSSR count). The molecule has 18 heavy (non-hydrogen) atoms. The number of aromatic nitrogens is 2. The summed E-state index contributed by atoms with van der Waals surface area (Å²) in [5.74, 6) is 0.476. The number of anilines is 1. The van der Waals surface area contributed by atoms with Crippen LogP contribution in [0.2, 0.25) is 0 Å². The number of hydrogen-bond acceptors (Lipinski definition) is 3.